The van der Waals surface area contributed by atoms with Crippen LogP contribution in [-0.4, -0.2) is 63.3 Å². The molecule has 0 aliphatic carbocycles. The van der Waals surface area contributed by atoms with Gasteiger partial charge >= 0.3 is 6.09 Å². The fourth-order valence-corrected chi connectivity index (χ4v) is 3.82. The number of amides is 4. The second kappa shape index (κ2) is 6.82. The van der Waals surface area contributed by atoms with Gasteiger partial charge < -0.3 is 14.5 Å². The van der Waals surface area contributed by atoms with Crippen molar-refractivity contribution in [3.05, 3.63) is 29.1 Å². The van der Waals surface area contributed by atoms with Crippen LogP contribution in [0.1, 0.15) is 61.3 Å². The Balaban J connectivity index is 1.42. The molecule has 3 aliphatic rings. The first-order valence-corrected chi connectivity index (χ1v) is 9.75. The van der Waals surface area contributed by atoms with E-state index in [1.807, 2.05) is 26.8 Å². The van der Waals surface area contributed by atoms with Crippen molar-refractivity contribution in [1.82, 2.24) is 20.1 Å². The molecule has 1 atom stereocenters. The van der Waals surface area contributed by atoms with E-state index in [1.54, 1.807) is 11.0 Å². The summed E-state index contributed by atoms with van der Waals surface area (Å²) in [6.45, 7) is 6.77. The number of pyridine rings is 1. The summed E-state index contributed by atoms with van der Waals surface area (Å²) in [5.74, 6) is -0.893. The number of imide groups is 1. The third kappa shape index (κ3) is 3.68. The van der Waals surface area contributed by atoms with Gasteiger partial charge in [-0.2, -0.15) is 0 Å². The maximum atomic E-state index is 12.7. The van der Waals surface area contributed by atoms with Crippen LogP contribution in [0.3, 0.4) is 0 Å². The summed E-state index contributed by atoms with van der Waals surface area (Å²) in [5.41, 5.74) is 1.41. The molecular formula is C20H24N4O5. The number of nitrogens with one attached hydrogen (secondary N) is 1. The fourth-order valence-electron chi connectivity index (χ4n) is 3.82. The molecule has 0 aromatic carbocycles. The Kier molecular flexibility index (Phi) is 4.55. The van der Waals surface area contributed by atoms with Crippen molar-refractivity contribution in [3.8, 4) is 0 Å². The summed E-state index contributed by atoms with van der Waals surface area (Å²) in [6.07, 6.45) is 0.205. The third-order valence-corrected chi connectivity index (χ3v) is 5.34. The van der Waals surface area contributed by atoms with Crippen LogP contribution in [0.2, 0.25) is 0 Å². The van der Waals surface area contributed by atoms with Gasteiger partial charge in [-0.1, -0.05) is 0 Å². The Morgan fingerprint density at radius 1 is 1.21 bits per heavy atom. The van der Waals surface area contributed by atoms with E-state index in [0.717, 1.165) is 5.69 Å². The summed E-state index contributed by atoms with van der Waals surface area (Å²) in [5, 5.41) is 2.29. The van der Waals surface area contributed by atoms with E-state index in [-0.39, 0.29) is 36.8 Å². The number of rotatable bonds is 2. The van der Waals surface area contributed by atoms with Crippen LogP contribution in [0.15, 0.2) is 12.1 Å². The molecule has 3 aliphatic heterocycles. The molecule has 0 saturated carbocycles. The monoisotopic (exact) mass is 400 g/mol. The lowest BCUT2D eigenvalue weighted by Crippen LogP contribution is -2.52. The summed E-state index contributed by atoms with van der Waals surface area (Å²) < 4.78 is 5.37. The summed E-state index contributed by atoms with van der Waals surface area (Å²) in [6, 6.07) is 2.90. The van der Waals surface area contributed by atoms with E-state index in [1.165, 1.54) is 4.90 Å². The standard InChI is InChI=1S/C20H24N4O5/c1-20(2,3)29-19(28)23-8-11(9-23)13-5-4-12-14(21-13)10-24(18(12)27)15-6-7-16(25)22-17(15)26/h4-5,11,15H,6-10H2,1-3H3,(H,22,25,26). The molecule has 1 aromatic rings. The van der Waals surface area contributed by atoms with Crippen molar-refractivity contribution < 1.29 is 23.9 Å². The lowest BCUT2D eigenvalue weighted by molar-refractivity contribution is -0.136. The average molecular weight is 400 g/mol. The number of nitrogens with zero attached hydrogens (tertiary/aromatic N) is 3. The van der Waals surface area contributed by atoms with Gasteiger partial charge in [-0.25, -0.2) is 4.79 Å². The molecule has 4 rings (SSSR count). The molecule has 1 unspecified atom stereocenters. The lowest BCUT2D eigenvalue weighted by atomic mass is 9.95. The van der Waals surface area contributed by atoms with Crippen molar-refractivity contribution in [3.63, 3.8) is 0 Å². The number of fused-ring (bicyclic) bond motifs is 1. The smallest absolute Gasteiger partial charge is 0.410 e. The molecule has 4 amide bonds. The molecule has 2 fully saturated rings. The van der Waals surface area contributed by atoms with E-state index in [2.05, 4.69) is 10.3 Å². The maximum Gasteiger partial charge on any atom is 0.410 e. The number of hydrogen-bond acceptors (Lipinski definition) is 6. The predicted molar refractivity (Wildman–Crippen MR) is 101 cm³/mol. The highest BCUT2D eigenvalue weighted by atomic mass is 16.6. The Bertz CT molecular complexity index is 901. The van der Waals surface area contributed by atoms with Crippen LogP contribution in [0, 0.1) is 0 Å². The number of piperidine rings is 1. The number of hydrogen-bond donors (Lipinski definition) is 1. The number of aromatic nitrogens is 1. The van der Waals surface area contributed by atoms with E-state index in [9.17, 15) is 19.2 Å². The highest BCUT2D eigenvalue weighted by Gasteiger charge is 2.41. The predicted octanol–water partition coefficient (Wildman–Crippen LogP) is 1.18. The molecule has 2 saturated heterocycles. The first-order valence-electron chi connectivity index (χ1n) is 9.75. The van der Waals surface area contributed by atoms with Gasteiger partial charge in [0, 0.05) is 31.1 Å². The van der Waals surface area contributed by atoms with E-state index in [4.69, 9.17) is 4.74 Å². The van der Waals surface area contributed by atoms with Crippen LogP contribution in [0.25, 0.3) is 0 Å². The van der Waals surface area contributed by atoms with Gasteiger partial charge in [0.25, 0.3) is 5.91 Å². The second-order valence-corrected chi connectivity index (χ2v) is 8.71. The van der Waals surface area contributed by atoms with E-state index >= 15 is 0 Å². The van der Waals surface area contributed by atoms with Gasteiger partial charge in [0.15, 0.2) is 0 Å². The Labute approximate surface area is 168 Å². The molecule has 4 heterocycles. The van der Waals surface area contributed by atoms with Crippen LogP contribution < -0.4 is 5.32 Å². The normalized spacial score (nSPS) is 22.3. The summed E-state index contributed by atoms with van der Waals surface area (Å²) >= 11 is 0. The Morgan fingerprint density at radius 2 is 1.93 bits per heavy atom. The van der Waals surface area contributed by atoms with Crippen molar-refractivity contribution in [2.24, 2.45) is 0 Å². The highest BCUT2D eigenvalue weighted by Crippen LogP contribution is 2.31. The van der Waals surface area contributed by atoms with Gasteiger partial charge in [-0.05, 0) is 39.3 Å². The zero-order valence-corrected chi connectivity index (χ0v) is 16.7. The first-order chi connectivity index (χ1) is 13.6. The molecule has 0 bridgehead atoms. The van der Waals surface area contributed by atoms with Crippen molar-refractivity contribution >= 4 is 23.8 Å². The molecule has 0 radical (unpaired) electrons. The molecule has 1 aromatic heterocycles. The van der Waals surface area contributed by atoms with Crippen molar-refractivity contribution in [2.75, 3.05) is 13.1 Å². The topological polar surface area (TPSA) is 109 Å². The first kappa shape index (κ1) is 19.4. The summed E-state index contributed by atoms with van der Waals surface area (Å²) in [4.78, 5) is 56.0. The molecule has 9 nitrogen and oxygen atoms in total. The SMILES string of the molecule is CC(C)(C)OC(=O)N1CC(c2ccc3c(n2)CN(C2CCC(=O)NC2=O)C3=O)C1. The van der Waals surface area contributed by atoms with Crippen LogP contribution in [-0.2, 0) is 20.9 Å². The van der Waals surface area contributed by atoms with Crippen LogP contribution in [0.5, 0.6) is 0 Å². The summed E-state index contributed by atoms with van der Waals surface area (Å²) in [7, 11) is 0. The van der Waals surface area contributed by atoms with Gasteiger partial charge in [0.1, 0.15) is 11.6 Å². The molecule has 0 spiro atoms. The minimum absolute atomic E-state index is 0.0903. The highest BCUT2D eigenvalue weighted by molar-refractivity contribution is 6.05. The second-order valence-electron chi connectivity index (χ2n) is 8.71. The zero-order chi connectivity index (χ0) is 20.9. The molecule has 29 heavy (non-hydrogen) atoms. The largest absolute Gasteiger partial charge is 0.444 e. The van der Waals surface area contributed by atoms with E-state index < -0.39 is 17.6 Å². The molecule has 154 valence electrons. The molecular weight excluding hydrogens is 376 g/mol. The fraction of sp³-hybridized carbons (Fsp3) is 0.550. The van der Waals surface area contributed by atoms with Crippen LogP contribution in [0.4, 0.5) is 4.79 Å². The average Bonchev–Trinajstić information content (AvgIpc) is 2.88. The maximum absolute atomic E-state index is 12.7. The van der Waals surface area contributed by atoms with Gasteiger partial charge in [0.05, 0.1) is 17.8 Å². The number of carbonyl (C=O) groups is 4. The number of carbonyl (C=O) groups excluding carboxylic acids is 4. The minimum Gasteiger partial charge on any atom is -0.444 e. The zero-order valence-electron chi connectivity index (χ0n) is 16.7. The number of likely N-dealkylation sites (tertiary alicyclic amines) is 1. The molecule has 9 heteroatoms. The quantitative estimate of drug-likeness (QED) is 0.747. The minimum atomic E-state index is -0.649. The lowest BCUT2D eigenvalue weighted by Gasteiger charge is -2.39. The number of ether oxygens (including phenoxy) is 1. The van der Waals surface area contributed by atoms with Gasteiger partial charge in [0.2, 0.25) is 11.8 Å². The van der Waals surface area contributed by atoms with Crippen molar-refractivity contribution in [2.45, 2.75) is 57.7 Å². The van der Waals surface area contributed by atoms with E-state index in [0.29, 0.717) is 30.8 Å². The van der Waals surface area contributed by atoms with Gasteiger partial charge in [-0.3, -0.25) is 24.7 Å². The van der Waals surface area contributed by atoms with Crippen molar-refractivity contribution in [1.29, 1.82) is 0 Å². The van der Waals surface area contributed by atoms with Crippen LogP contribution >= 0.6 is 0 Å². The van der Waals surface area contributed by atoms with Gasteiger partial charge in [-0.15, -0.1) is 0 Å². The third-order valence-electron chi connectivity index (χ3n) is 5.34. The Morgan fingerprint density at radius 3 is 2.59 bits per heavy atom. The molecule has 1 N–H and O–H groups in total. The Hall–Kier alpha value is -2.97.